The van der Waals surface area contributed by atoms with Crippen molar-refractivity contribution in [3.05, 3.63) is 45.6 Å². The number of halogens is 2. The molecule has 0 fully saturated rings. The van der Waals surface area contributed by atoms with Gasteiger partial charge in [0.2, 0.25) is 0 Å². The van der Waals surface area contributed by atoms with E-state index >= 15 is 0 Å². The highest BCUT2D eigenvalue weighted by Gasteiger charge is 2.02. The molecule has 0 aliphatic heterocycles. The second-order valence-corrected chi connectivity index (χ2v) is 5.51. The minimum absolute atomic E-state index is 0. The van der Waals surface area contributed by atoms with E-state index in [9.17, 15) is 0 Å². The molecular weight excluding hydrogens is 421 g/mol. The van der Waals surface area contributed by atoms with E-state index in [0.29, 0.717) is 23.3 Å². The monoisotopic (exact) mass is 437 g/mol. The Morgan fingerprint density at radius 1 is 1.43 bits per heavy atom. The Morgan fingerprint density at radius 2 is 2.24 bits per heavy atom. The Bertz CT molecular complexity index is 590. The third kappa shape index (κ3) is 5.72. The maximum Gasteiger partial charge on any atom is 0.193 e. The maximum atomic E-state index is 6.04. The van der Waals surface area contributed by atoms with Gasteiger partial charge in [-0.1, -0.05) is 17.7 Å². The van der Waals surface area contributed by atoms with Gasteiger partial charge in [-0.2, -0.15) is 0 Å². The molecule has 0 atom stereocenters. The molecule has 0 radical (unpaired) electrons. The fourth-order valence-electron chi connectivity index (χ4n) is 1.67. The lowest BCUT2D eigenvalue weighted by atomic mass is 10.3. The van der Waals surface area contributed by atoms with Crippen molar-refractivity contribution in [2.45, 2.75) is 6.42 Å². The second kappa shape index (κ2) is 9.11. The third-order valence-electron chi connectivity index (χ3n) is 2.64. The van der Waals surface area contributed by atoms with Crippen molar-refractivity contribution in [3.63, 3.8) is 0 Å². The van der Waals surface area contributed by atoms with Crippen LogP contribution in [0.1, 0.15) is 4.88 Å². The van der Waals surface area contributed by atoms with E-state index in [4.69, 9.17) is 22.1 Å². The Morgan fingerprint density at radius 3 is 2.86 bits per heavy atom. The van der Waals surface area contributed by atoms with E-state index in [1.165, 1.54) is 4.88 Å². The number of hydrogen-bond donors (Lipinski definition) is 2. The zero-order valence-electron chi connectivity index (χ0n) is 11.5. The molecule has 114 valence electrons. The predicted molar refractivity (Wildman–Crippen MR) is 102 cm³/mol. The molecule has 3 N–H and O–H groups in total. The number of anilines is 1. The fourth-order valence-corrected chi connectivity index (χ4v) is 2.63. The number of rotatable bonds is 5. The van der Waals surface area contributed by atoms with E-state index in [-0.39, 0.29) is 24.0 Å². The first kappa shape index (κ1) is 18.1. The van der Waals surface area contributed by atoms with Gasteiger partial charge < -0.3 is 15.8 Å². The van der Waals surface area contributed by atoms with Crippen LogP contribution in [0.25, 0.3) is 0 Å². The average molecular weight is 438 g/mol. The highest BCUT2D eigenvalue weighted by molar-refractivity contribution is 14.0. The van der Waals surface area contributed by atoms with Gasteiger partial charge in [-0.25, -0.2) is 0 Å². The number of hydrogen-bond acceptors (Lipinski definition) is 3. The van der Waals surface area contributed by atoms with Crippen LogP contribution >= 0.6 is 46.9 Å². The SMILES string of the molecule is COc1ccc(NC(N)=NCCc2cccs2)cc1Cl.I. The number of benzene rings is 1. The van der Waals surface area contributed by atoms with E-state index in [1.807, 2.05) is 12.1 Å². The molecule has 2 rings (SSSR count). The Kier molecular flexibility index (Phi) is 7.84. The second-order valence-electron chi connectivity index (χ2n) is 4.07. The van der Waals surface area contributed by atoms with Crippen LogP contribution < -0.4 is 15.8 Å². The van der Waals surface area contributed by atoms with Crippen LogP contribution in [0.4, 0.5) is 5.69 Å². The summed E-state index contributed by atoms with van der Waals surface area (Å²) in [6, 6.07) is 9.50. The van der Waals surface area contributed by atoms with E-state index in [0.717, 1.165) is 12.1 Å². The highest BCUT2D eigenvalue weighted by Crippen LogP contribution is 2.26. The Hall–Kier alpha value is -0.990. The molecule has 0 bridgehead atoms. The summed E-state index contributed by atoms with van der Waals surface area (Å²) in [5.41, 5.74) is 6.62. The third-order valence-corrected chi connectivity index (χ3v) is 3.88. The largest absolute Gasteiger partial charge is 0.495 e. The molecule has 0 spiro atoms. The van der Waals surface area contributed by atoms with Gasteiger partial charge in [0, 0.05) is 23.5 Å². The van der Waals surface area contributed by atoms with Crippen LogP contribution in [0.5, 0.6) is 5.75 Å². The topological polar surface area (TPSA) is 59.6 Å². The van der Waals surface area contributed by atoms with E-state index in [2.05, 4.69) is 21.8 Å². The number of methoxy groups -OCH3 is 1. The molecule has 4 nitrogen and oxygen atoms in total. The number of thiophene rings is 1. The van der Waals surface area contributed by atoms with Crippen molar-refractivity contribution in [3.8, 4) is 5.75 Å². The molecule has 0 saturated carbocycles. The van der Waals surface area contributed by atoms with Crippen molar-refractivity contribution < 1.29 is 4.74 Å². The lowest BCUT2D eigenvalue weighted by molar-refractivity contribution is 0.415. The summed E-state index contributed by atoms with van der Waals surface area (Å²) in [6.45, 7) is 0.656. The zero-order valence-corrected chi connectivity index (χ0v) is 15.4. The molecule has 21 heavy (non-hydrogen) atoms. The van der Waals surface area contributed by atoms with Crippen LogP contribution in [0.15, 0.2) is 40.7 Å². The number of ether oxygens (including phenoxy) is 1. The first-order valence-corrected chi connectivity index (χ1v) is 7.37. The minimum Gasteiger partial charge on any atom is -0.495 e. The van der Waals surface area contributed by atoms with Crippen molar-refractivity contribution in [2.75, 3.05) is 19.0 Å². The zero-order chi connectivity index (χ0) is 14.4. The quantitative estimate of drug-likeness (QED) is 0.422. The number of nitrogens with two attached hydrogens (primary N) is 1. The molecule has 1 aromatic heterocycles. The Labute approximate surface area is 150 Å². The lowest BCUT2D eigenvalue weighted by Gasteiger charge is -2.08. The van der Waals surface area contributed by atoms with E-state index < -0.39 is 0 Å². The van der Waals surface area contributed by atoms with Gasteiger partial charge in [0.1, 0.15) is 5.75 Å². The number of nitrogens with one attached hydrogen (secondary N) is 1. The van der Waals surface area contributed by atoms with Gasteiger partial charge in [-0.3, -0.25) is 4.99 Å². The van der Waals surface area contributed by atoms with Crippen LogP contribution in [0.2, 0.25) is 5.02 Å². The normalized spacial score (nSPS) is 10.9. The van der Waals surface area contributed by atoms with Crippen molar-refractivity contribution in [1.29, 1.82) is 0 Å². The van der Waals surface area contributed by atoms with Crippen LogP contribution in [-0.2, 0) is 6.42 Å². The predicted octanol–water partition coefficient (Wildman–Crippen LogP) is 4.00. The number of guanidine groups is 1. The molecule has 0 unspecified atom stereocenters. The van der Waals surface area contributed by atoms with Crippen LogP contribution in [0, 0.1) is 0 Å². The summed E-state index contributed by atoms with van der Waals surface area (Å²) < 4.78 is 5.09. The van der Waals surface area contributed by atoms with Crippen LogP contribution in [-0.4, -0.2) is 19.6 Å². The first-order chi connectivity index (χ1) is 9.69. The molecule has 0 saturated heterocycles. The molecule has 7 heteroatoms. The van der Waals surface area contributed by atoms with Gasteiger partial charge in [0.25, 0.3) is 0 Å². The molecule has 1 aromatic carbocycles. The van der Waals surface area contributed by atoms with Gasteiger partial charge in [-0.15, -0.1) is 35.3 Å². The van der Waals surface area contributed by atoms with Crippen molar-refractivity contribution >= 4 is 58.6 Å². The van der Waals surface area contributed by atoms with Gasteiger partial charge >= 0.3 is 0 Å². The highest BCUT2D eigenvalue weighted by atomic mass is 127. The first-order valence-electron chi connectivity index (χ1n) is 6.12. The standard InChI is InChI=1S/C14H16ClN3OS.HI/c1-19-13-5-4-10(9-12(13)15)18-14(16)17-7-6-11-3-2-8-20-11;/h2-5,8-9H,6-7H2,1H3,(H3,16,17,18);1H. The van der Waals surface area contributed by atoms with Crippen molar-refractivity contribution in [2.24, 2.45) is 10.7 Å². The summed E-state index contributed by atoms with van der Waals surface area (Å²) in [6.07, 6.45) is 0.892. The maximum absolute atomic E-state index is 6.04. The average Bonchev–Trinajstić information content (AvgIpc) is 2.92. The van der Waals surface area contributed by atoms with Crippen LogP contribution in [0.3, 0.4) is 0 Å². The van der Waals surface area contributed by atoms with Crippen molar-refractivity contribution in [1.82, 2.24) is 0 Å². The molecule has 0 amide bonds. The lowest BCUT2D eigenvalue weighted by Crippen LogP contribution is -2.23. The van der Waals surface area contributed by atoms with Gasteiger partial charge in [0.15, 0.2) is 5.96 Å². The molecule has 0 aliphatic carbocycles. The number of aliphatic imine (C=N–C) groups is 1. The summed E-state index contributed by atoms with van der Waals surface area (Å²) in [5.74, 6) is 1.01. The van der Waals surface area contributed by atoms with Gasteiger partial charge in [-0.05, 0) is 29.6 Å². The summed E-state index contributed by atoms with van der Waals surface area (Å²) in [4.78, 5) is 5.58. The molecule has 1 heterocycles. The molecule has 2 aromatic rings. The number of nitrogens with zero attached hydrogens (tertiary/aromatic N) is 1. The summed E-state index contributed by atoms with van der Waals surface area (Å²) in [5, 5.41) is 5.59. The summed E-state index contributed by atoms with van der Waals surface area (Å²) >= 11 is 7.76. The smallest absolute Gasteiger partial charge is 0.193 e. The molecule has 0 aliphatic rings. The summed E-state index contributed by atoms with van der Waals surface area (Å²) in [7, 11) is 1.58. The van der Waals surface area contributed by atoms with Gasteiger partial charge in [0.05, 0.1) is 12.1 Å². The van der Waals surface area contributed by atoms with E-state index in [1.54, 1.807) is 30.6 Å². The fraction of sp³-hybridized carbons (Fsp3) is 0.214. The molecular formula is C14H17ClIN3OS. The Balaban J connectivity index is 0.00000220. The minimum atomic E-state index is 0.